The lowest BCUT2D eigenvalue weighted by Gasteiger charge is -2.10. The van der Waals surface area contributed by atoms with Gasteiger partial charge in [0.1, 0.15) is 11.6 Å². The molecule has 2 aromatic heterocycles. The number of nitro benzene ring substituents is 1. The number of anilines is 3. The zero-order valence-corrected chi connectivity index (χ0v) is 17.4. The van der Waals surface area contributed by atoms with Crippen LogP contribution in [0.1, 0.15) is 16.2 Å². The van der Waals surface area contributed by atoms with Crippen molar-refractivity contribution in [1.82, 2.24) is 19.7 Å². The summed E-state index contributed by atoms with van der Waals surface area (Å²) in [5.74, 6) is 1.34. The number of hydrogen-bond acceptors (Lipinski definition) is 7. The van der Waals surface area contributed by atoms with Crippen LogP contribution in [-0.4, -0.2) is 30.6 Å². The van der Waals surface area contributed by atoms with Crippen molar-refractivity contribution < 1.29 is 9.72 Å². The zero-order valence-electron chi connectivity index (χ0n) is 16.7. The first-order valence-corrected chi connectivity index (χ1v) is 9.75. The number of carbonyl (C=O) groups excluding carboxylic acids is 1. The SMILES string of the molecule is Cc1nc(Nc2ccc(NC(=O)c3ccc([N+](=O)[O-])cc3Cl)cc2)cc(-n2cccn2)n1. The van der Waals surface area contributed by atoms with Crippen molar-refractivity contribution in [1.29, 1.82) is 0 Å². The first-order valence-electron chi connectivity index (χ1n) is 9.37. The predicted octanol–water partition coefficient (Wildman–Crippen LogP) is 4.53. The maximum atomic E-state index is 12.5. The van der Waals surface area contributed by atoms with Crippen molar-refractivity contribution in [2.75, 3.05) is 10.6 Å². The number of rotatable bonds is 6. The van der Waals surface area contributed by atoms with Gasteiger partial charge >= 0.3 is 0 Å². The maximum absolute atomic E-state index is 12.5. The molecule has 2 N–H and O–H groups in total. The second kappa shape index (κ2) is 8.82. The lowest BCUT2D eigenvalue weighted by Crippen LogP contribution is -2.12. The zero-order chi connectivity index (χ0) is 22.7. The van der Waals surface area contributed by atoms with Crippen molar-refractivity contribution in [3.05, 3.63) is 93.5 Å². The predicted molar refractivity (Wildman–Crippen MR) is 120 cm³/mol. The molecular formula is C21H16ClN7O3. The van der Waals surface area contributed by atoms with E-state index in [-0.39, 0.29) is 16.3 Å². The van der Waals surface area contributed by atoms with Crippen LogP contribution in [0.15, 0.2) is 67.0 Å². The average molecular weight is 450 g/mol. The Hall–Kier alpha value is -4.31. The van der Waals surface area contributed by atoms with E-state index < -0.39 is 10.8 Å². The Morgan fingerprint density at radius 1 is 1.09 bits per heavy atom. The summed E-state index contributed by atoms with van der Waals surface area (Å²) in [5.41, 5.74) is 1.24. The lowest BCUT2D eigenvalue weighted by molar-refractivity contribution is -0.384. The van der Waals surface area contributed by atoms with Crippen LogP contribution >= 0.6 is 11.6 Å². The molecule has 0 radical (unpaired) electrons. The van der Waals surface area contributed by atoms with Crippen LogP contribution in [0.5, 0.6) is 0 Å². The summed E-state index contributed by atoms with van der Waals surface area (Å²) in [4.78, 5) is 31.5. The van der Waals surface area contributed by atoms with Gasteiger partial charge in [0, 0.05) is 42.0 Å². The summed E-state index contributed by atoms with van der Waals surface area (Å²) in [5, 5.41) is 20.9. The number of aromatic nitrogens is 4. The molecule has 0 aliphatic heterocycles. The first-order chi connectivity index (χ1) is 15.4. The molecule has 0 spiro atoms. The Balaban J connectivity index is 1.46. The van der Waals surface area contributed by atoms with Crippen LogP contribution in [0.4, 0.5) is 22.9 Å². The number of non-ortho nitro benzene ring substituents is 1. The second-order valence-electron chi connectivity index (χ2n) is 6.69. The fourth-order valence-electron chi connectivity index (χ4n) is 2.92. The molecule has 1 amide bonds. The highest BCUT2D eigenvalue weighted by molar-refractivity contribution is 6.34. The van der Waals surface area contributed by atoms with E-state index in [1.54, 1.807) is 60.4 Å². The number of nitrogens with zero attached hydrogens (tertiary/aromatic N) is 5. The third-order valence-corrected chi connectivity index (χ3v) is 4.70. The van der Waals surface area contributed by atoms with E-state index in [1.165, 1.54) is 12.1 Å². The highest BCUT2D eigenvalue weighted by Gasteiger charge is 2.15. The molecule has 0 saturated heterocycles. The fourth-order valence-corrected chi connectivity index (χ4v) is 3.18. The monoisotopic (exact) mass is 449 g/mol. The fraction of sp³-hybridized carbons (Fsp3) is 0.0476. The highest BCUT2D eigenvalue weighted by atomic mass is 35.5. The Morgan fingerprint density at radius 2 is 1.84 bits per heavy atom. The van der Waals surface area contributed by atoms with E-state index in [2.05, 4.69) is 25.7 Å². The van der Waals surface area contributed by atoms with Gasteiger partial charge in [0.15, 0.2) is 5.82 Å². The van der Waals surface area contributed by atoms with Gasteiger partial charge in [-0.1, -0.05) is 11.6 Å². The number of halogens is 1. The molecule has 2 heterocycles. The van der Waals surface area contributed by atoms with Gasteiger partial charge < -0.3 is 10.6 Å². The third kappa shape index (κ3) is 4.71. The van der Waals surface area contributed by atoms with E-state index >= 15 is 0 Å². The quantitative estimate of drug-likeness (QED) is 0.327. The number of aryl methyl sites for hydroxylation is 1. The number of hydrogen-bond donors (Lipinski definition) is 2. The van der Waals surface area contributed by atoms with Gasteiger partial charge in [-0.25, -0.2) is 14.6 Å². The summed E-state index contributed by atoms with van der Waals surface area (Å²) in [6, 6.07) is 14.2. The van der Waals surface area contributed by atoms with Crippen LogP contribution in [0.3, 0.4) is 0 Å². The normalized spacial score (nSPS) is 10.6. The van der Waals surface area contributed by atoms with Crippen LogP contribution in [-0.2, 0) is 0 Å². The van der Waals surface area contributed by atoms with E-state index in [0.717, 1.165) is 11.8 Å². The van der Waals surface area contributed by atoms with Crippen molar-refractivity contribution in [3.8, 4) is 5.82 Å². The molecule has 32 heavy (non-hydrogen) atoms. The minimum atomic E-state index is -0.573. The van der Waals surface area contributed by atoms with Gasteiger partial charge in [-0.15, -0.1) is 0 Å². The molecule has 2 aromatic carbocycles. The summed E-state index contributed by atoms with van der Waals surface area (Å²) in [7, 11) is 0. The number of nitrogens with one attached hydrogen (secondary N) is 2. The van der Waals surface area contributed by atoms with Crippen molar-refractivity contribution in [3.63, 3.8) is 0 Å². The minimum absolute atomic E-state index is 0.00195. The van der Waals surface area contributed by atoms with Crippen LogP contribution in [0, 0.1) is 17.0 Å². The Labute approximate surface area is 187 Å². The highest BCUT2D eigenvalue weighted by Crippen LogP contribution is 2.24. The molecule has 0 atom stereocenters. The molecule has 0 unspecified atom stereocenters. The van der Waals surface area contributed by atoms with Crippen LogP contribution in [0.2, 0.25) is 5.02 Å². The Kier molecular flexibility index (Phi) is 5.77. The summed E-state index contributed by atoms with van der Waals surface area (Å²) in [6.45, 7) is 1.79. The molecule has 0 bridgehead atoms. The average Bonchev–Trinajstić information content (AvgIpc) is 3.29. The van der Waals surface area contributed by atoms with Gasteiger partial charge in [0.05, 0.1) is 15.5 Å². The Morgan fingerprint density at radius 3 is 2.50 bits per heavy atom. The molecule has 0 saturated carbocycles. The van der Waals surface area contributed by atoms with Gasteiger partial charge in [-0.3, -0.25) is 14.9 Å². The van der Waals surface area contributed by atoms with Crippen molar-refractivity contribution >= 4 is 40.4 Å². The van der Waals surface area contributed by atoms with Crippen LogP contribution < -0.4 is 10.6 Å². The number of carbonyl (C=O) groups is 1. The van der Waals surface area contributed by atoms with E-state index in [4.69, 9.17) is 11.6 Å². The van der Waals surface area contributed by atoms with Gasteiger partial charge in [-0.2, -0.15) is 5.10 Å². The van der Waals surface area contributed by atoms with Gasteiger partial charge in [-0.05, 0) is 43.3 Å². The standard InChI is InChI=1S/C21H16ClN7O3/c1-13-24-19(12-20(25-13)28-10-2-9-23-28)26-14-3-5-15(6-4-14)27-21(30)17-8-7-16(29(31)32)11-18(17)22/h2-12H,1H3,(H,27,30)(H,24,25,26). The third-order valence-electron chi connectivity index (χ3n) is 4.39. The van der Waals surface area contributed by atoms with Crippen molar-refractivity contribution in [2.24, 2.45) is 0 Å². The van der Waals surface area contributed by atoms with E-state index in [0.29, 0.717) is 23.1 Å². The summed E-state index contributed by atoms with van der Waals surface area (Å²) < 4.78 is 1.64. The number of benzene rings is 2. The number of nitro groups is 1. The minimum Gasteiger partial charge on any atom is -0.340 e. The number of amides is 1. The Bertz CT molecular complexity index is 1290. The summed E-state index contributed by atoms with van der Waals surface area (Å²) >= 11 is 6.02. The molecular weight excluding hydrogens is 434 g/mol. The molecule has 0 aliphatic carbocycles. The molecule has 11 heteroatoms. The smallest absolute Gasteiger partial charge is 0.270 e. The maximum Gasteiger partial charge on any atom is 0.270 e. The second-order valence-corrected chi connectivity index (χ2v) is 7.09. The molecule has 10 nitrogen and oxygen atoms in total. The largest absolute Gasteiger partial charge is 0.340 e. The van der Waals surface area contributed by atoms with Gasteiger partial charge in [0.25, 0.3) is 11.6 Å². The topological polar surface area (TPSA) is 128 Å². The summed E-state index contributed by atoms with van der Waals surface area (Å²) in [6.07, 6.45) is 3.46. The molecule has 160 valence electrons. The lowest BCUT2D eigenvalue weighted by atomic mass is 10.2. The first kappa shape index (κ1) is 20.9. The van der Waals surface area contributed by atoms with Gasteiger partial charge in [0.2, 0.25) is 0 Å². The molecule has 0 fully saturated rings. The molecule has 0 aliphatic rings. The van der Waals surface area contributed by atoms with Crippen LogP contribution in [0.25, 0.3) is 5.82 Å². The van der Waals surface area contributed by atoms with E-state index in [9.17, 15) is 14.9 Å². The molecule has 4 aromatic rings. The van der Waals surface area contributed by atoms with Crippen molar-refractivity contribution in [2.45, 2.75) is 6.92 Å². The van der Waals surface area contributed by atoms with E-state index in [1.807, 2.05) is 0 Å². The molecule has 4 rings (SSSR count).